The lowest BCUT2D eigenvalue weighted by atomic mass is 10.1. The van der Waals surface area contributed by atoms with Gasteiger partial charge in [0, 0.05) is 6.92 Å². The average molecular weight is 172 g/mol. The van der Waals surface area contributed by atoms with Crippen LogP contribution in [0.15, 0.2) is 0 Å². The first-order valence-electron chi connectivity index (χ1n) is 3.34. The largest absolute Gasteiger partial charge is 0.345 e. The van der Waals surface area contributed by atoms with E-state index in [0.29, 0.717) is 6.41 Å². The van der Waals surface area contributed by atoms with Gasteiger partial charge in [0.05, 0.1) is 6.54 Å². The van der Waals surface area contributed by atoms with E-state index >= 15 is 0 Å². The highest BCUT2D eigenvalue weighted by Crippen LogP contribution is 2.09. The van der Waals surface area contributed by atoms with Crippen molar-refractivity contribution in [3.8, 4) is 0 Å². The average Bonchev–Trinajstić information content (AvgIpc) is 2.02. The minimum Gasteiger partial charge on any atom is -0.345 e. The van der Waals surface area contributed by atoms with Crippen molar-refractivity contribution in [3.05, 3.63) is 0 Å². The van der Waals surface area contributed by atoms with E-state index < -0.39 is 17.9 Å². The van der Waals surface area contributed by atoms with Gasteiger partial charge < -0.3 is 10.2 Å². The summed E-state index contributed by atoms with van der Waals surface area (Å²) in [7, 11) is 0. The number of amides is 2. The predicted octanol–water partition coefficient (Wildman–Crippen LogP) is -1.58. The van der Waals surface area contributed by atoms with Crippen LogP contribution in [0, 0.1) is 0 Å². The highest BCUT2D eigenvalue weighted by atomic mass is 16.7. The van der Waals surface area contributed by atoms with Crippen molar-refractivity contribution in [2.45, 2.75) is 13.0 Å². The van der Waals surface area contributed by atoms with E-state index in [1.807, 2.05) is 0 Å². The molecule has 1 fully saturated rings. The number of hydrogen-bond acceptors (Lipinski definition) is 4. The van der Waals surface area contributed by atoms with E-state index in [9.17, 15) is 14.4 Å². The molecule has 0 aromatic carbocycles. The first-order chi connectivity index (χ1) is 5.65. The maximum atomic E-state index is 10.9. The Morgan fingerprint density at radius 2 is 2.50 bits per heavy atom. The zero-order valence-corrected chi connectivity index (χ0v) is 6.44. The quantitative estimate of drug-likeness (QED) is 0.412. The second kappa shape index (κ2) is 3.21. The molecule has 0 spiro atoms. The second-order valence-electron chi connectivity index (χ2n) is 2.32. The van der Waals surface area contributed by atoms with Crippen LogP contribution in [0.25, 0.3) is 0 Å². The molecule has 1 rings (SSSR count). The normalized spacial score (nSPS) is 21.2. The third-order valence-electron chi connectivity index (χ3n) is 1.40. The van der Waals surface area contributed by atoms with Crippen molar-refractivity contribution < 1.29 is 19.2 Å². The van der Waals surface area contributed by atoms with Crippen molar-refractivity contribution >= 4 is 18.3 Å². The molecule has 0 aromatic heterocycles. The molecular formula is C6H8N2O4. The van der Waals surface area contributed by atoms with Gasteiger partial charge in [0.15, 0.2) is 0 Å². The van der Waals surface area contributed by atoms with Crippen LogP contribution in [0.1, 0.15) is 6.92 Å². The number of nitrogens with one attached hydrogen (secondary N) is 1. The number of carbonyl (C=O) groups excluding carboxylic acids is 3. The van der Waals surface area contributed by atoms with Gasteiger partial charge in [-0.2, -0.15) is 5.06 Å². The van der Waals surface area contributed by atoms with Gasteiger partial charge in [-0.1, -0.05) is 0 Å². The highest BCUT2D eigenvalue weighted by Gasteiger charge is 2.39. The summed E-state index contributed by atoms with van der Waals surface area (Å²) in [6.07, 6.45) is 0.438. The van der Waals surface area contributed by atoms with Crippen molar-refractivity contribution in [3.63, 3.8) is 0 Å². The van der Waals surface area contributed by atoms with Gasteiger partial charge >= 0.3 is 5.97 Å². The van der Waals surface area contributed by atoms with E-state index in [0.717, 1.165) is 5.06 Å². The molecule has 12 heavy (non-hydrogen) atoms. The lowest BCUT2D eigenvalue weighted by Gasteiger charge is -2.34. The number of carbonyl (C=O) groups is 3. The summed E-state index contributed by atoms with van der Waals surface area (Å²) in [4.78, 5) is 35.6. The fourth-order valence-corrected chi connectivity index (χ4v) is 0.839. The molecule has 0 bridgehead atoms. The van der Waals surface area contributed by atoms with Crippen molar-refractivity contribution in [1.82, 2.24) is 10.4 Å². The number of nitrogens with zero attached hydrogens (tertiary/aromatic N) is 1. The maximum absolute atomic E-state index is 10.9. The number of hydrogen-bond donors (Lipinski definition) is 1. The van der Waals surface area contributed by atoms with Gasteiger partial charge in [-0.05, 0) is 0 Å². The SMILES string of the molecule is CC(=O)ON1CC(NC=O)C1=O. The standard InChI is InChI=1S/C6H8N2O4/c1-4(10)12-8-2-5(6(8)11)7-3-9/h3,5H,2H2,1H3,(H,7,9). The summed E-state index contributed by atoms with van der Waals surface area (Å²) in [6, 6.07) is -0.540. The molecule has 0 radical (unpaired) electrons. The predicted molar refractivity (Wildman–Crippen MR) is 36.5 cm³/mol. The molecule has 0 aromatic rings. The number of hydroxylamine groups is 2. The molecular weight excluding hydrogens is 164 g/mol. The molecule has 1 aliphatic rings. The van der Waals surface area contributed by atoms with Gasteiger partial charge in [-0.3, -0.25) is 14.4 Å². The van der Waals surface area contributed by atoms with Crippen LogP contribution in [0.3, 0.4) is 0 Å². The van der Waals surface area contributed by atoms with Gasteiger partial charge in [0.25, 0.3) is 5.91 Å². The van der Waals surface area contributed by atoms with Crippen LogP contribution >= 0.6 is 0 Å². The molecule has 1 N–H and O–H groups in total. The fourth-order valence-electron chi connectivity index (χ4n) is 0.839. The summed E-state index contributed by atoms with van der Waals surface area (Å²) in [5.74, 6) is -0.954. The second-order valence-corrected chi connectivity index (χ2v) is 2.32. The molecule has 1 atom stereocenters. The van der Waals surface area contributed by atoms with Crippen LogP contribution in [0.2, 0.25) is 0 Å². The molecule has 2 amide bonds. The zero-order valence-electron chi connectivity index (χ0n) is 6.44. The molecule has 6 nitrogen and oxygen atoms in total. The van der Waals surface area contributed by atoms with Gasteiger partial charge in [0.1, 0.15) is 6.04 Å². The minimum atomic E-state index is -0.548. The lowest BCUT2D eigenvalue weighted by molar-refractivity contribution is -0.214. The summed E-state index contributed by atoms with van der Waals surface area (Å²) in [5.41, 5.74) is 0. The van der Waals surface area contributed by atoms with Crippen LogP contribution in [-0.2, 0) is 19.2 Å². The molecule has 6 heteroatoms. The fraction of sp³-hybridized carbons (Fsp3) is 0.500. The van der Waals surface area contributed by atoms with Crippen molar-refractivity contribution in [2.75, 3.05) is 6.54 Å². The van der Waals surface area contributed by atoms with Gasteiger partial charge in [-0.15, -0.1) is 0 Å². The Morgan fingerprint density at radius 1 is 1.83 bits per heavy atom. The van der Waals surface area contributed by atoms with Crippen molar-refractivity contribution in [2.24, 2.45) is 0 Å². The third kappa shape index (κ3) is 1.52. The summed E-state index contributed by atoms with van der Waals surface area (Å²) >= 11 is 0. The Bertz CT molecular complexity index is 228. The van der Waals surface area contributed by atoms with Crippen LogP contribution < -0.4 is 5.32 Å². The van der Waals surface area contributed by atoms with E-state index in [-0.39, 0.29) is 6.54 Å². The summed E-state index contributed by atoms with van der Waals surface area (Å²) in [6.45, 7) is 1.42. The summed E-state index contributed by atoms with van der Waals surface area (Å²) < 4.78 is 0. The van der Waals surface area contributed by atoms with Crippen LogP contribution in [-0.4, -0.2) is 35.9 Å². The Hall–Kier alpha value is -1.59. The molecule has 1 unspecified atom stereocenters. The monoisotopic (exact) mass is 172 g/mol. The Labute approximate surface area is 68.4 Å². The Morgan fingerprint density at radius 3 is 2.92 bits per heavy atom. The molecule has 0 saturated carbocycles. The van der Waals surface area contributed by atoms with E-state index in [2.05, 4.69) is 10.2 Å². The molecule has 1 heterocycles. The molecule has 0 aliphatic carbocycles. The van der Waals surface area contributed by atoms with Crippen LogP contribution in [0.5, 0.6) is 0 Å². The lowest BCUT2D eigenvalue weighted by Crippen LogP contribution is -2.62. The first-order valence-corrected chi connectivity index (χ1v) is 3.34. The molecule has 66 valence electrons. The van der Waals surface area contributed by atoms with E-state index in [1.54, 1.807) is 0 Å². The van der Waals surface area contributed by atoms with Crippen LogP contribution in [0.4, 0.5) is 0 Å². The smallest absolute Gasteiger partial charge is 0.329 e. The number of β-lactam (4-membered cyclic amide) rings is 1. The van der Waals surface area contributed by atoms with Gasteiger partial charge in [-0.25, -0.2) is 0 Å². The van der Waals surface area contributed by atoms with E-state index in [1.165, 1.54) is 6.92 Å². The zero-order chi connectivity index (χ0) is 9.14. The minimum absolute atomic E-state index is 0.219. The molecule has 1 saturated heterocycles. The third-order valence-corrected chi connectivity index (χ3v) is 1.40. The number of rotatable bonds is 3. The first kappa shape index (κ1) is 8.51. The Balaban J connectivity index is 2.33. The summed E-state index contributed by atoms with van der Waals surface area (Å²) in [5, 5.41) is 3.18. The highest BCUT2D eigenvalue weighted by molar-refractivity contribution is 5.89. The van der Waals surface area contributed by atoms with Crippen molar-refractivity contribution in [1.29, 1.82) is 0 Å². The maximum Gasteiger partial charge on any atom is 0.329 e. The van der Waals surface area contributed by atoms with E-state index in [4.69, 9.17) is 0 Å². The Kier molecular flexibility index (Phi) is 2.27. The molecule has 1 aliphatic heterocycles. The van der Waals surface area contributed by atoms with Gasteiger partial charge in [0.2, 0.25) is 6.41 Å². The topological polar surface area (TPSA) is 75.7 Å².